The average molecular weight is 279 g/mol. The lowest BCUT2D eigenvalue weighted by Crippen LogP contribution is -2.49. The van der Waals surface area contributed by atoms with Crippen LogP contribution >= 0.6 is 12.2 Å². The number of anilines is 1. The Bertz CT molecular complexity index is 514. The molecule has 0 unspecified atom stereocenters. The summed E-state index contributed by atoms with van der Waals surface area (Å²) in [5.74, 6) is 0. The number of nitrogens with two attached hydrogens (primary N) is 1. The third-order valence-electron chi connectivity index (χ3n) is 3.32. The van der Waals surface area contributed by atoms with Gasteiger partial charge in [0.15, 0.2) is 0 Å². The van der Waals surface area contributed by atoms with Crippen molar-refractivity contribution in [3.8, 4) is 0 Å². The van der Waals surface area contributed by atoms with Crippen molar-refractivity contribution in [3.05, 3.63) is 23.0 Å². The van der Waals surface area contributed by atoms with Crippen molar-refractivity contribution >= 4 is 22.9 Å². The average Bonchev–Trinajstić information content (AvgIpc) is 2.25. The number of thiocarbonyl (C=S) groups is 1. The molecule has 0 radical (unpaired) electrons. The van der Waals surface area contributed by atoms with Gasteiger partial charge in [0.2, 0.25) is 0 Å². The molecule has 2 heterocycles. The van der Waals surface area contributed by atoms with Gasteiger partial charge in [0.05, 0.1) is 23.5 Å². The largest absolute Gasteiger partial charge is 0.389 e. The first kappa shape index (κ1) is 14.2. The Balaban J connectivity index is 2.46. The summed E-state index contributed by atoms with van der Waals surface area (Å²) in [4.78, 5) is 7.16. The number of nitrogens with zero attached hydrogens (tertiary/aromatic N) is 2. The molecule has 0 atom stereocenters. The highest BCUT2D eigenvalue weighted by Gasteiger charge is 2.29. The lowest BCUT2D eigenvalue weighted by Gasteiger charge is -2.40. The van der Waals surface area contributed by atoms with Gasteiger partial charge in [0.1, 0.15) is 4.99 Å². The number of hydrogen-bond donors (Lipinski definition) is 1. The fraction of sp³-hybridized carbons (Fsp3) is 0.571. The lowest BCUT2D eigenvalue weighted by atomic mass is 10.0. The summed E-state index contributed by atoms with van der Waals surface area (Å²) in [7, 11) is 0. The second-order valence-corrected chi connectivity index (χ2v) is 6.08. The van der Waals surface area contributed by atoms with Crippen molar-refractivity contribution in [1.29, 1.82) is 0 Å². The Morgan fingerprint density at radius 2 is 2.16 bits per heavy atom. The van der Waals surface area contributed by atoms with Crippen LogP contribution in [0.15, 0.2) is 6.07 Å². The topological polar surface area (TPSA) is 51.4 Å². The van der Waals surface area contributed by atoms with Gasteiger partial charge in [-0.3, -0.25) is 4.98 Å². The van der Waals surface area contributed by atoms with Crippen LogP contribution in [0.25, 0.3) is 0 Å². The number of aromatic nitrogens is 1. The van der Waals surface area contributed by atoms with Gasteiger partial charge in [0.25, 0.3) is 0 Å². The molecule has 2 rings (SSSR count). The predicted octanol–water partition coefficient (Wildman–Crippen LogP) is 1.95. The molecule has 0 spiro atoms. The van der Waals surface area contributed by atoms with Crippen LogP contribution in [-0.4, -0.2) is 35.3 Å². The molecule has 1 saturated heterocycles. The fourth-order valence-electron chi connectivity index (χ4n) is 2.58. The molecule has 0 amide bonds. The highest BCUT2D eigenvalue weighted by Crippen LogP contribution is 2.28. The number of aryl methyl sites for hydroxylation is 2. The van der Waals surface area contributed by atoms with Crippen LogP contribution in [0.3, 0.4) is 0 Å². The first-order valence-corrected chi connectivity index (χ1v) is 6.88. The van der Waals surface area contributed by atoms with Crippen LogP contribution in [0.2, 0.25) is 0 Å². The van der Waals surface area contributed by atoms with Crippen LogP contribution < -0.4 is 10.6 Å². The van der Waals surface area contributed by atoms with Crippen LogP contribution in [-0.2, 0) is 4.74 Å². The summed E-state index contributed by atoms with van der Waals surface area (Å²) < 4.78 is 5.76. The van der Waals surface area contributed by atoms with E-state index in [1.54, 1.807) is 0 Å². The number of morpholine rings is 1. The predicted molar refractivity (Wildman–Crippen MR) is 81.8 cm³/mol. The lowest BCUT2D eigenvalue weighted by molar-refractivity contribution is -0.0277. The van der Waals surface area contributed by atoms with Crippen molar-refractivity contribution in [3.63, 3.8) is 0 Å². The monoisotopic (exact) mass is 279 g/mol. The Hall–Kier alpha value is -1.20. The van der Waals surface area contributed by atoms with Gasteiger partial charge in [-0.1, -0.05) is 12.2 Å². The molecule has 0 saturated carbocycles. The van der Waals surface area contributed by atoms with E-state index in [2.05, 4.69) is 29.8 Å². The molecular weight excluding hydrogens is 258 g/mol. The van der Waals surface area contributed by atoms with Gasteiger partial charge in [0, 0.05) is 24.5 Å². The second kappa shape index (κ2) is 5.06. The minimum absolute atomic E-state index is 0.156. The van der Waals surface area contributed by atoms with E-state index in [0.29, 0.717) is 11.6 Å². The maximum absolute atomic E-state index is 5.87. The van der Waals surface area contributed by atoms with Gasteiger partial charge < -0.3 is 15.4 Å². The first-order chi connectivity index (χ1) is 8.80. The van der Waals surface area contributed by atoms with Crippen LogP contribution in [0.4, 0.5) is 5.69 Å². The van der Waals surface area contributed by atoms with Crippen molar-refractivity contribution in [2.24, 2.45) is 5.73 Å². The first-order valence-electron chi connectivity index (χ1n) is 6.47. The highest BCUT2D eigenvalue weighted by atomic mass is 32.1. The molecule has 104 valence electrons. The molecule has 0 bridgehead atoms. The second-order valence-electron chi connectivity index (χ2n) is 5.64. The zero-order valence-corrected chi connectivity index (χ0v) is 12.8. The van der Waals surface area contributed by atoms with E-state index in [-0.39, 0.29) is 5.60 Å². The van der Waals surface area contributed by atoms with Crippen molar-refractivity contribution in [2.45, 2.75) is 33.3 Å². The van der Waals surface area contributed by atoms with Gasteiger partial charge in [-0.05, 0) is 33.8 Å². The SMILES string of the molecule is Cc1cc(N2CCOC(C)(C)C2)c(C(N)=S)c(C)n1. The number of rotatable bonds is 2. The molecule has 0 aromatic carbocycles. The zero-order valence-electron chi connectivity index (χ0n) is 12.0. The number of hydrogen-bond acceptors (Lipinski definition) is 4. The summed E-state index contributed by atoms with van der Waals surface area (Å²) >= 11 is 5.19. The van der Waals surface area contributed by atoms with E-state index >= 15 is 0 Å². The normalized spacial score (nSPS) is 18.4. The fourth-order valence-corrected chi connectivity index (χ4v) is 2.84. The van der Waals surface area contributed by atoms with E-state index in [4.69, 9.17) is 22.7 Å². The quantitative estimate of drug-likeness (QED) is 0.839. The number of pyridine rings is 1. The third-order valence-corrected chi connectivity index (χ3v) is 3.52. The van der Waals surface area contributed by atoms with Crippen LogP contribution in [0.1, 0.15) is 30.8 Å². The van der Waals surface area contributed by atoms with Gasteiger partial charge >= 0.3 is 0 Å². The van der Waals surface area contributed by atoms with E-state index < -0.39 is 0 Å². The van der Waals surface area contributed by atoms with E-state index in [0.717, 1.165) is 35.7 Å². The molecule has 4 nitrogen and oxygen atoms in total. The maximum Gasteiger partial charge on any atom is 0.107 e. The van der Waals surface area contributed by atoms with E-state index in [9.17, 15) is 0 Å². The van der Waals surface area contributed by atoms with E-state index in [1.807, 2.05) is 13.8 Å². The Morgan fingerprint density at radius 1 is 1.47 bits per heavy atom. The maximum atomic E-state index is 5.87. The zero-order chi connectivity index (χ0) is 14.2. The molecule has 2 N–H and O–H groups in total. The van der Waals surface area contributed by atoms with Gasteiger partial charge in [-0.15, -0.1) is 0 Å². The summed E-state index contributed by atoms with van der Waals surface area (Å²) in [6.45, 7) is 10.5. The molecule has 1 aliphatic heterocycles. The molecule has 1 fully saturated rings. The van der Waals surface area contributed by atoms with Crippen LogP contribution in [0, 0.1) is 13.8 Å². The minimum Gasteiger partial charge on any atom is -0.389 e. The Morgan fingerprint density at radius 3 is 2.74 bits per heavy atom. The standard InChI is InChI=1S/C14H21N3OS/c1-9-7-11(12(13(15)19)10(2)16-9)17-5-6-18-14(3,4)8-17/h7H,5-6,8H2,1-4H3,(H2,15,19). The van der Waals surface area contributed by atoms with Crippen LogP contribution in [0.5, 0.6) is 0 Å². The Labute approximate surface area is 120 Å². The summed E-state index contributed by atoms with van der Waals surface area (Å²) in [6, 6.07) is 2.06. The molecule has 1 aromatic rings. The van der Waals surface area contributed by atoms with Crippen molar-refractivity contribution < 1.29 is 4.74 Å². The smallest absolute Gasteiger partial charge is 0.107 e. The third kappa shape index (κ3) is 3.04. The van der Waals surface area contributed by atoms with E-state index in [1.165, 1.54) is 0 Å². The molecule has 19 heavy (non-hydrogen) atoms. The van der Waals surface area contributed by atoms with Crippen molar-refractivity contribution in [2.75, 3.05) is 24.6 Å². The number of ether oxygens (including phenoxy) is 1. The summed E-state index contributed by atoms with van der Waals surface area (Å²) in [5, 5.41) is 0. The minimum atomic E-state index is -0.156. The molecule has 0 aliphatic carbocycles. The summed E-state index contributed by atoms with van der Waals surface area (Å²) in [5.41, 5.74) is 9.56. The molecule has 1 aromatic heterocycles. The summed E-state index contributed by atoms with van der Waals surface area (Å²) in [6.07, 6.45) is 0. The molecule has 1 aliphatic rings. The Kier molecular flexibility index (Phi) is 3.78. The van der Waals surface area contributed by atoms with Gasteiger partial charge in [-0.2, -0.15) is 0 Å². The molecule has 5 heteroatoms. The van der Waals surface area contributed by atoms with Crippen molar-refractivity contribution in [1.82, 2.24) is 4.98 Å². The molecular formula is C14H21N3OS. The van der Waals surface area contributed by atoms with Gasteiger partial charge in [-0.25, -0.2) is 0 Å². The highest BCUT2D eigenvalue weighted by molar-refractivity contribution is 7.80.